The average molecular weight is 557 g/mol. The summed E-state index contributed by atoms with van der Waals surface area (Å²) in [5.74, 6) is -0.369. The van der Waals surface area contributed by atoms with Crippen LogP contribution in [-0.4, -0.2) is 86.8 Å². The Hall–Kier alpha value is -3.29. The topological polar surface area (TPSA) is 278 Å². The number of hydrogen-bond donors (Lipinski definition) is 6. The fourth-order valence-corrected chi connectivity index (χ4v) is 5.22. The van der Waals surface area contributed by atoms with Gasteiger partial charge >= 0.3 is 13.5 Å². The third kappa shape index (κ3) is 5.18. The highest BCUT2D eigenvalue weighted by atomic mass is 31.2. The van der Waals surface area contributed by atoms with Crippen LogP contribution in [0, 0.1) is 0 Å². The summed E-state index contributed by atoms with van der Waals surface area (Å²) in [7, 11) is -4.75. The zero-order valence-corrected chi connectivity index (χ0v) is 20.3. The number of fused-ring (bicyclic) bond motifs is 1. The van der Waals surface area contributed by atoms with E-state index >= 15 is 0 Å². The fourth-order valence-electron chi connectivity index (χ4n) is 4.26. The molecule has 0 amide bonds. The summed E-state index contributed by atoms with van der Waals surface area (Å²) >= 11 is 0. The van der Waals surface area contributed by atoms with E-state index in [1.807, 2.05) is 0 Å². The molecule has 5 heterocycles. The Labute approximate surface area is 211 Å². The Morgan fingerprint density at radius 2 is 1.82 bits per heavy atom. The molecule has 8 N–H and O–H groups in total. The first-order chi connectivity index (χ1) is 18.0. The Bertz CT molecular complexity index is 1490. The van der Waals surface area contributed by atoms with E-state index in [2.05, 4.69) is 24.9 Å². The summed E-state index contributed by atoms with van der Waals surface area (Å²) in [6.07, 6.45) is -3.86. The monoisotopic (exact) mass is 557 g/mol. The van der Waals surface area contributed by atoms with Crippen LogP contribution in [0.4, 0.5) is 11.9 Å². The number of anilines is 2. The number of aliphatic hydroxyl groups is 2. The smallest absolute Gasteiger partial charge is 0.394 e. The molecule has 7 atom stereocenters. The number of nitrogens with one attached hydrogen (secondary N) is 1. The van der Waals surface area contributed by atoms with Gasteiger partial charge in [-0.15, -0.1) is 0 Å². The third-order valence-electron chi connectivity index (χ3n) is 6.05. The quantitative estimate of drug-likeness (QED) is 0.154. The minimum atomic E-state index is -4.75. The molecule has 0 aromatic carbocycles. The van der Waals surface area contributed by atoms with Gasteiger partial charge in [0.05, 0.1) is 25.6 Å². The number of nitrogens with zero attached hydrogens (tertiary/aromatic N) is 6. The van der Waals surface area contributed by atoms with Crippen LogP contribution in [0.15, 0.2) is 22.2 Å². The molecular formula is C18H24N9O10P. The highest BCUT2D eigenvalue weighted by Crippen LogP contribution is 2.49. The van der Waals surface area contributed by atoms with Crippen molar-refractivity contribution in [3.63, 3.8) is 0 Å². The van der Waals surface area contributed by atoms with Crippen LogP contribution in [0.2, 0.25) is 0 Å². The van der Waals surface area contributed by atoms with E-state index in [1.165, 1.54) is 10.9 Å². The van der Waals surface area contributed by atoms with Crippen molar-refractivity contribution in [3.8, 4) is 0 Å². The Balaban J connectivity index is 1.23. The number of nitrogen functional groups attached to an aromatic ring is 2. The summed E-state index contributed by atoms with van der Waals surface area (Å²) in [5, 5.41) is 20.0. The first-order valence-corrected chi connectivity index (χ1v) is 12.7. The first kappa shape index (κ1) is 26.3. The zero-order chi connectivity index (χ0) is 27.2. The van der Waals surface area contributed by atoms with Gasteiger partial charge in [-0.25, -0.2) is 19.3 Å². The molecule has 2 saturated heterocycles. The van der Waals surface area contributed by atoms with Crippen molar-refractivity contribution < 1.29 is 38.2 Å². The Morgan fingerprint density at radius 3 is 2.55 bits per heavy atom. The number of aromatic amines is 1. The summed E-state index contributed by atoms with van der Waals surface area (Å²) in [6.45, 7) is -1.12. The normalized spacial score (nSPS) is 29.1. The van der Waals surface area contributed by atoms with E-state index in [-0.39, 0.29) is 35.9 Å². The molecule has 3 unspecified atom stereocenters. The number of imidazole rings is 1. The summed E-state index contributed by atoms with van der Waals surface area (Å²) < 4.78 is 36.7. The summed E-state index contributed by atoms with van der Waals surface area (Å²) in [5.41, 5.74) is 9.79. The molecule has 19 nitrogen and oxygen atoms in total. The van der Waals surface area contributed by atoms with Gasteiger partial charge in [-0.05, 0) is 0 Å². The van der Waals surface area contributed by atoms with E-state index in [0.29, 0.717) is 0 Å². The second-order valence-electron chi connectivity index (χ2n) is 8.57. The standard InChI is InChI=1S/C18H24N9O10P/c19-16-22-6-27(18(31)25-16)11-1-7(29)10(36-11)4-34-38(32,33)37-8-2-12(35-9(8)3-28)26-5-21-13-14(26)23-17(20)24-15(13)30/h5-12,28-29H,1-4H2,(H,32,33)(H2,19,25,31)(H3,20,23,24,30)/t7?,8?,9-,10-,11-,12-/m1/s1. The van der Waals surface area contributed by atoms with Crippen LogP contribution in [0.1, 0.15) is 25.3 Å². The highest BCUT2D eigenvalue weighted by Gasteiger charge is 2.43. The first-order valence-electron chi connectivity index (χ1n) is 11.2. The Morgan fingerprint density at radius 1 is 1.11 bits per heavy atom. The van der Waals surface area contributed by atoms with Crippen molar-refractivity contribution in [1.29, 1.82) is 0 Å². The van der Waals surface area contributed by atoms with Crippen molar-refractivity contribution in [1.82, 2.24) is 34.1 Å². The second-order valence-corrected chi connectivity index (χ2v) is 9.97. The SMILES string of the molecule is Nc1ncn([C@H]2CC(O)[C@@H](COP(=O)(O)OC3C[C@H](n4cnc5c(=O)[nH]c(N)nc54)O[C@@H]3CO)O2)c(=O)n1. The van der Waals surface area contributed by atoms with Gasteiger partial charge in [-0.3, -0.25) is 28.0 Å². The van der Waals surface area contributed by atoms with Crippen molar-refractivity contribution in [2.75, 3.05) is 24.7 Å². The number of aromatic nitrogens is 7. The molecule has 3 aromatic rings. The van der Waals surface area contributed by atoms with Gasteiger partial charge in [0.2, 0.25) is 11.9 Å². The molecule has 206 valence electrons. The largest absolute Gasteiger partial charge is 0.472 e. The van der Waals surface area contributed by atoms with Gasteiger partial charge in [0.15, 0.2) is 11.2 Å². The maximum Gasteiger partial charge on any atom is 0.472 e. The maximum absolute atomic E-state index is 12.7. The van der Waals surface area contributed by atoms with E-state index < -0.39 is 69.2 Å². The molecule has 5 rings (SSSR count). The van der Waals surface area contributed by atoms with Crippen molar-refractivity contribution in [3.05, 3.63) is 33.5 Å². The van der Waals surface area contributed by atoms with Crippen LogP contribution >= 0.6 is 7.82 Å². The lowest BCUT2D eigenvalue weighted by molar-refractivity contribution is -0.0568. The molecule has 0 bridgehead atoms. The number of phosphoric ester groups is 1. The lowest BCUT2D eigenvalue weighted by Crippen LogP contribution is -2.30. The lowest BCUT2D eigenvalue weighted by atomic mass is 10.2. The predicted molar refractivity (Wildman–Crippen MR) is 124 cm³/mol. The Kier molecular flexibility index (Phi) is 7.01. The summed E-state index contributed by atoms with van der Waals surface area (Å²) in [6, 6.07) is 0. The number of H-pyrrole nitrogens is 1. The van der Waals surface area contributed by atoms with Crippen molar-refractivity contribution in [2.45, 2.75) is 49.7 Å². The van der Waals surface area contributed by atoms with Gasteiger partial charge in [0.1, 0.15) is 37.1 Å². The number of phosphoric acid groups is 1. The van der Waals surface area contributed by atoms with Crippen LogP contribution in [0.5, 0.6) is 0 Å². The van der Waals surface area contributed by atoms with Crippen LogP contribution in [0.25, 0.3) is 11.2 Å². The molecule has 3 aromatic heterocycles. The van der Waals surface area contributed by atoms with Crippen molar-refractivity contribution >= 4 is 30.9 Å². The zero-order valence-electron chi connectivity index (χ0n) is 19.4. The minimum Gasteiger partial charge on any atom is -0.394 e. The molecule has 0 radical (unpaired) electrons. The molecule has 2 fully saturated rings. The van der Waals surface area contributed by atoms with Gasteiger partial charge in [-0.2, -0.15) is 9.97 Å². The summed E-state index contributed by atoms with van der Waals surface area (Å²) in [4.78, 5) is 51.9. The van der Waals surface area contributed by atoms with E-state index in [1.54, 1.807) is 0 Å². The van der Waals surface area contributed by atoms with E-state index in [9.17, 15) is 29.3 Å². The van der Waals surface area contributed by atoms with E-state index in [4.69, 9.17) is 30.0 Å². The maximum atomic E-state index is 12.7. The number of hydrogen-bond acceptors (Lipinski definition) is 15. The predicted octanol–water partition coefficient (Wildman–Crippen LogP) is -2.63. The van der Waals surface area contributed by atoms with Crippen LogP contribution in [-0.2, 0) is 23.1 Å². The molecule has 2 aliphatic heterocycles. The molecule has 38 heavy (non-hydrogen) atoms. The van der Waals surface area contributed by atoms with Gasteiger partial charge in [0.25, 0.3) is 5.56 Å². The molecule has 0 saturated carbocycles. The molecule has 0 aliphatic carbocycles. The lowest BCUT2D eigenvalue weighted by Gasteiger charge is -2.21. The van der Waals surface area contributed by atoms with Crippen molar-refractivity contribution in [2.24, 2.45) is 0 Å². The molecule has 2 aliphatic rings. The average Bonchev–Trinajstić information content (AvgIpc) is 3.54. The fraction of sp³-hybridized carbons (Fsp3) is 0.556. The highest BCUT2D eigenvalue weighted by molar-refractivity contribution is 7.47. The van der Waals surface area contributed by atoms with Crippen LogP contribution < -0.4 is 22.7 Å². The second kappa shape index (κ2) is 10.1. The molecule has 20 heteroatoms. The number of rotatable bonds is 8. The molecular weight excluding hydrogens is 533 g/mol. The van der Waals surface area contributed by atoms with Crippen LogP contribution in [0.3, 0.4) is 0 Å². The number of nitrogens with two attached hydrogens (primary N) is 2. The number of aliphatic hydroxyl groups excluding tert-OH is 2. The van der Waals surface area contributed by atoms with Gasteiger partial charge < -0.3 is 36.0 Å². The minimum absolute atomic E-state index is 0.00472. The van der Waals surface area contributed by atoms with E-state index in [0.717, 1.165) is 10.9 Å². The van der Waals surface area contributed by atoms with Gasteiger partial charge in [-0.1, -0.05) is 0 Å². The van der Waals surface area contributed by atoms with Gasteiger partial charge in [0, 0.05) is 12.8 Å². The molecule has 0 spiro atoms. The third-order valence-corrected chi connectivity index (χ3v) is 7.06. The number of ether oxygens (including phenoxy) is 2.